The van der Waals surface area contributed by atoms with E-state index < -0.39 is 21.6 Å². The van der Waals surface area contributed by atoms with E-state index >= 15 is 0 Å². The molecule has 0 radical (unpaired) electrons. The van der Waals surface area contributed by atoms with Crippen LogP contribution in [0.4, 0.5) is 0 Å². The van der Waals surface area contributed by atoms with E-state index in [4.69, 9.17) is 10.9 Å². The van der Waals surface area contributed by atoms with E-state index in [1.54, 1.807) is 0 Å². The lowest BCUT2D eigenvalue weighted by atomic mass is 10.0. The molecule has 0 fully saturated rings. The lowest BCUT2D eigenvalue weighted by Gasteiger charge is -2.22. The molecule has 0 aliphatic rings. The van der Waals surface area contributed by atoms with Crippen molar-refractivity contribution in [1.82, 2.24) is 0 Å². The Bertz CT molecular complexity index is 279. The molecular weight excluding hydrogens is 222 g/mol. The fourth-order valence-electron chi connectivity index (χ4n) is 0.766. The molecule has 0 aliphatic heterocycles. The van der Waals surface area contributed by atoms with E-state index in [0.717, 1.165) is 18.0 Å². The van der Waals surface area contributed by atoms with Crippen LogP contribution in [0.5, 0.6) is 0 Å². The fourth-order valence-corrected chi connectivity index (χ4v) is 1.74. The molecule has 0 saturated carbocycles. The van der Waals surface area contributed by atoms with Crippen molar-refractivity contribution in [3.8, 4) is 0 Å². The number of oxime groups is 1. The zero-order valence-electron chi connectivity index (χ0n) is 8.41. The number of nitro groups is 1. The number of rotatable bonds is 6. The van der Waals surface area contributed by atoms with Gasteiger partial charge in [0.05, 0.1) is 12.0 Å². The minimum absolute atomic E-state index is 0.0616. The maximum atomic E-state index is 10.7. The van der Waals surface area contributed by atoms with Crippen molar-refractivity contribution < 1.29 is 14.9 Å². The third kappa shape index (κ3) is 4.15. The summed E-state index contributed by atoms with van der Waals surface area (Å²) in [5.41, 5.74) is 3.59. The molecule has 0 aromatic carbocycles. The third-order valence-corrected chi connectivity index (χ3v) is 3.28. The van der Waals surface area contributed by atoms with Crippen LogP contribution in [0, 0.1) is 10.1 Å². The molecule has 0 aliphatic carbocycles. The molecule has 0 rings (SSSR count). The van der Waals surface area contributed by atoms with Gasteiger partial charge in [-0.1, -0.05) is 0 Å². The average Bonchev–Trinajstić information content (AvgIpc) is 2.11. The summed E-state index contributed by atoms with van der Waals surface area (Å²) in [6, 6.07) is 0. The van der Waals surface area contributed by atoms with Crippen LogP contribution < -0.4 is 5.73 Å². The van der Waals surface area contributed by atoms with Crippen LogP contribution in [0.25, 0.3) is 0 Å². The van der Waals surface area contributed by atoms with Crippen LogP contribution >= 0.6 is 11.8 Å². The first-order chi connectivity index (χ1) is 6.82. The summed E-state index contributed by atoms with van der Waals surface area (Å²) >= 11 is 0.964. The Labute approximate surface area is 90.8 Å². The van der Waals surface area contributed by atoms with Crippen molar-refractivity contribution in [2.24, 2.45) is 10.9 Å². The summed E-state index contributed by atoms with van der Waals surface area (Å²) in [4.78, 5) is 20.8. The number of carbonyl (C=O) groups excluding carboxylic acids is 1. The van der Waals surface area contributed by atoms with Crippen molar-refractivity contribution in [2.45, 2.75) is 24.6 Å². The van der Waals surface area contributed by atoms with Crippen LogP contribution in [0.1, 0.15) is 13.8 Å². The lowest BCUT2D eigenvalue weighted by Crippen LogP contribution is -2.43. The molecule has 8 heteroatoms. The monoisotopic (exact) mass is 235 g/mol. The Kier molecular flexibility index (Phi) is 5.06. The van der Waals surface area contributed by atoms with Gasteiger partial charge in [0.2, 0.25) is 11.4 Å². The normalized spacial score (nSPS) is 14.0. The SMILES string of the molecule is CC(C)(C(C=NO)SCC(N)=O)[N+](=O)[O-]. The van der Waals surface area contributed by atoms with Gasteiger partial charge in [-0.2, -0.15) is 0 Å². The molecule has 0 aromatic rings. The van der Waals surface area contributed by atoms with Gasteiger partial charge in [0.25, 0.3) is 0 Å². The van der Waals surface area contributed by atoms with Gasteiger partial charge >= 0.3 is 0 Å². The number of nitrogens with zero attached hydrogens (tertiary/aromatic N) is 2. The number of primary amides is 1. The first-order valence-corrected chi connectivity index (χ1v) is 5.09. The number of carbonyl (C=O) groups is 1. The van der Waals surface area contributed by atoms with Gasteiger partial charge in [0.1, 0.15) is 5.25 Å². The standard InChI is InChI=1S/C7H13N3O4S/c1-7(2,10(13)14)5(3-9-12)15-4-6(8)11/h3,5,12H,4H2,1-2H3,(H2,8,11). The van der Waals surface area contributed by atoms with Crippen molar-refractivity contribution >= 4 is 23.9 Å². The first kappa shape index (κ1) is 13.7. The van der Waals surface area contributed by atoms with Crippen LogP contribution in [0.2, 0.25) is 0 Å². The molecule has 0 spiro atoms. The summed E-state index contributed by atoms with van der Waals surface area (Å²) in [6.45, 7) is 2.76. The lowest BCUT2D eigenvalue weighted by molar-refractivity contribution is -0.556. The van der Waals surface area contributed by atoms with E-state index in [1.165, 1.54) is 13.8 Å². The second-order valence-electron chi connectivity index (χ2n) is 3.37. The maximum Gasteiger partial charge on any atom is 0.233 e. The highest BCUT2D eigenvalue weighted by Gasteiger charge is 2.40. The van der Waals surface area contributed by atoms with E-state index in [0.29, 0.717) is 0 Å². The Morgan fingerprint density at radius 1 is 1.80 bits per heavy atom. The minimum Gasteiger partial charge on any atom is -0.411 e. The first-order valence-electron chi connectivity index (χ1n) is 4.04. The zero-order chi connectivity index (χ0) is 12.1. The number of hydrogen-bond acceptors (Lipinski definition) is 6. The smallest absolute Gasteiger partial charge is 0.233 e. The van der Waals surface area contributed by atoms with Crippen LogP contribution in [-0.4, -0.2) is 38.8 Å². The molecule has 1 amide bonds. The van der Waals surface area contributed by atoms with Crippen molar-refractivity contribution in [3.63, 3.8) is 0 Å². The predicted molar refractivity (Wildman–Crippen MR) is 56.8 cm³/mol. The minimum atomic E-state index is -1.33. The van der Waals surface area contributed by atoms with E-state index in [2.05, 4.69) is 5.16 Å². The predicted octanol–water partition coefficient (Wildman–Crippen LogP) is 0.0888. The fraction of sp³-hybridized carbons (Fsp3) is 0.714. The van der Waals surface area contributed by atoms with Crippen LogP contribution in [-0.2, 0) is 4.79 Å². The van der Waals surface area contributed by atoms with Crippen LogP contribution in [0.15, 0.2) is 5.16 Å². The molecule has 1 atom stereocenters. The summed E-state index contributed by atoms with van der Waals surface area (Å²) in [6.07, 6.45) is 1.02. The van der Waals surface area contributed by atoms with Crippen molar-refractivity contribution in [1.29, 1.82) is 0 Å². The van der Waals surface area contributed by atoms with Gasteiger partial charge in [-0.15, -0.1) is 16.9 Å². The van der Waals surface area contributed by atoms with Crippen molar-refractivity contribution in [2.75, 3.05) is 5.75 Å². The van der Waals surface area contributed by atoms with Crippen molar-refractivity contribution in [3.05, 3.63) is 10.1 Å². The summed E-state index contributed by atoms with van der Waals surface area (Å²) < 4.78 is 0. The van der Waals surface area contributed by atoms with E-state index in [9.17, 15) is 14.9 Å². The van der Waals surface area contributed by atoms with Gasteiger partial charge in [0, 0.05) is 18.8 Å². The highest BCUT2D eigenvalue weighted by Crippen LogP contribution is 2.24. The molecular formula is C7H13N3O4S. The third-order valence-electron chi connectivity index (χ3n) is 1.77. The van der Waals surface area contributed by atoms with Gasteiger partial charge < -0.3 is 10.9 Å². The van der Waals surface area contributed by atoms with Gasteiger partial charge in [-0.25, -0.2) is 0 Å². The molecule has 15 heavy (non-hydrogen) atoms. The number of amides is 1. The van der Waals surface area contributed by atoms with Gasteiger partial charge in [-0.05, 0) is 0 Å². The highest BCUT2D eigenvalue weighted by molar-refractivity contribution is 8.01. The maximum absolute atomic E-state index is 10.7. The molecule has 0 bridgehead atoms. The Morgan fingerprint density at radius 3 is 2.67 bits per heavy atom. The topological polar surface area (TPSA) is 119 Å². The summed E-state index contributed by atoms with van der Waals surface area (Å²) in [5, 5.41) is 21.1. The molecule has 0 heterocycles. The molecule has 86 valence electrons. The van der Waals surface area contributed by atoms with Crippen LogP contribution in [0.3, 0.4) is 0 Å². The summed E-state index contributed by atoms with van der Waals surface area (Å²) in [7, 11) is 0. The molecule has 0 aromatic heterocycles. The van der Waals surface area contributed by atoms with Gasteiger partial charge in [-0.3, -0.25) is 14.9 Å². The number of thioether (sulfide) groups is 1. The Balaban J connectivity index is 4.65. The number of hydrogen-bond donors (Lipinski definition) is 2. The summed E-state index contributed by atoms with van der Waals surface area (Å²) in [5.74, 6) is -0.635. The average molecular weight is 235 g/mol. The zero-order valence-corrected chi connectivity index (χ0v) is 9.23. The Hall–Kier alpha value is -1.31. The molecule has 3 N–H and O–H groups in total. The van der Waals surface area contributed by atoms with E-state index in [1.807, 2.05) is 0 Å². The second kappa shape index (κ2) is 5.54. The Morgan fingerprint density at radius 2 is 2.33 bits per heavy atom. The highest BCUT2D eigenvalue weighted by atomic mass is 32.2. The molecule has 1 unspecified atom stereocenters. The number of nitrogens with two attached hydrogens (primary N) is 1. The molecule has 0 saturated heterocycles. The van der Waals surface area contributed by atoms with Gasteiger partial charge in [0.15, 0.2) is 0 Å². The quantitative estimate of drug-likeness (QED) is 0.292. The second-order valence-corrected chi connectivity index (χ2v) is 4.50. The van der Waals surface area contributed by atoms with E-state index in [-0.39, 0.29) is 5.75 Å². The molecule has 7 nitrogen and oxygen atoms in total. The largest absolute Gasteiger partial charge is 0.411 e.